The Morgan fingerprint density at radius 1 is 1.39 bits per heavy atom. The van der Waals surface area contributed by atoms with Gasteiger partial charge in [0.05, 0.1) is 10.7 Å². The van der Waals surface area contributed by atoms with Gasteiger partial charge in [-0.2, -0.15) is 5.10 Å². The molecule has 4 heteroatoms. The van der Waals surface area contributed by atoms with Gasteiger partial charge in [-0.15, -0.1) is 0 Å². The fourth-order valence-corrected chi connectivity index (χ4v) is 3.37. The zero-order valence-electron chi connectivity index (χ0n) is 11.2. The number of halogens is 1. The topological polar surface area (TPSA) is 34.9 Å². The van der Waals surface area contributed by atoms with E-state index in [1.54, 1.807) is 10.9 Å². The minimum atomic E-state index is 0.200. The van der Waals surface area contributed by atoms with Gasteiger partial charge in [0.2, 0.25) is 0 Å². The first kappa shape index (κ1) is 13.8. The Morgan fingerprint density at radius 3 is 2.61 bits per heavy atom. The molecule has 0 spiro atoms. The summed E-state index contributed by atoms with van der Waals surface area (Å²) in [5.74, 6) is 1.30. The highest BCUT2D eigenvalue weighted by Crippen LogP contribution is 2.33. The van der Waals surface area contributed by atoms with E-state index < -0.39 is 0 Å². The molecule has 3 nitrogen and oxygen atoms in total. The first-order valence-electron chi connectivity index (χ1n) is 6.92. The molecule has 0 N–H and O–H groups in total. The van der Waals surface area contributed by atoms with Crippen LogP contribution in [0, 0.1) is 11.8 Å². The van der Waals surface area contributed by atoms with Gasteiger partial charge in [0.25, 0.3) is 0 Å². The summed E-state index contributed by atoms with van der Waals surface area (Å²) < 4.78 is 2.64. The second kappa shape index (κ2) is 6.00. The van der Waals surface area contributed by atoms with Gasteiger partial charge >= 0.3 is 0 Å². The molecule has 0 unspecified atom stereocenters. The van der Waals surface area contributed by atoms with Crippen LogP contribution in [-0.4, -0.2) is 15.6 Å². The molecule has 1 aromatic heterocycles. The van der Waals surface area contributed by atoms with Crippen molar-refractivity contribution in [3.8, 4) is 0 Å². The van der Waals surface area contributed by atoms with E-state index in [-0.39, 0.29) is 11.7 Å². The first-order chi connectivity index (χ1) is 8.67. The van der Waals surface area contributed by atoms with E-state index in [9.17, 15) is 4.79 Å². The molecule has 0 amide bonds. The van der Waals surface area contributed by atoms with Gasteiger partial charge in [-0.1, -0.05) is 13.3 Å². The molecule has 2 rings (SSSR count). The number of hydrogen-bond acceptors (Lipinski definition) is 2. The smallest absolute Gasteiger partial charge is 0.185 e. The number of hydrogen-bond donors (Lipinski definition) is 0. The van der Waals surface area contributed by atoms with Gasteiger partial charge in [-0.3, -0.25) is 9.48 Å². The summed E-state index contributed by atoms with van der Waals surface area (Å²) in [5.41, 5.74) is 0.762. The summed E-state index contributed by atoms with van der Waals surface area (Å²) in [5, 5.41) is 4.23. The summed E-state index contributed by atoms with van der Waals surface area (Å²) in [4.78, 5) is 12.6. The van der Waals surface area contributed by atoms with Crippen molar-refractivity contribution < 1.29 is 4.79 Å². The second-order valence-electron chi connectivity index (χ2n) is 5.15. The van der Waals surface area contributed by atoms with Crippen molar-refractivity contribution in [2.24, 2.45) is 11.8 Å². The van der Waals surface area contributed by atoms with E-state index in [1.165, 1.54) is 19.3 Å². The van der Waals surface area contributed by atoms with Crippen molar-refractivity contribution in [2.45, 2.75) is 52.5 Å². The van der Waals surface area contributed by atoms with Crippen LogP contribution >= 0.6 is 15.9 Å². The molecular weight excluding hydrogens is 292 g/mol. The van der Waals surface area contributed by atoms with Crippen molar-refractivity contribution in [1.82, 2.24) is 9.78 Å². The Bertz CT molecular complexity index is 419. The average molecular weight is 313 g/mol. The van der Waals surface area contributed by atoms with Crippen LogP contribution in [0.5, 0.6) is 0 Å². The lowest BCUT2D eigenvalue weighted by Gasteiger charge is -2.26. The molecule has 0 radical (unpaired) electrons. The van der Waals surface area contributed by atoms with Crippen LogP contribution < -0.4 is 0 Å². The van der Waals surface area contributed by atoms with Gasteiger partial charge in [0.1, 0.15) is 5.69 Å². The lowest BCUT2D eigenvalue weighted by Crippen LogP contribution is -2.24. The van der Waals surface area contributed by atoms with Crippen LogP contribution in [-0.2, 0) is 6.54 Å². The fourth-order valence-electron chi connectivity index (χ4n) is 2.87. The molecule has 18 heavy (non-hydrogen) atoms. The minimum absolute atomic E-state index is 0.200. The molecule has 1 saturated carbocycles. The van der Waals surface area contributed by atoms with Gasteiger partial charge in [-0.25, -0.2) is 0 Å². The second-order valence-corrected chi connectivity index (χ2v) is 6.00. The van der Waals surface area contributed by atoms with Crippen LogP contribution in [0.2, 0.25) is 0 Å². The van der Waals surface area contributed by atoms with Crippen LogP contribution in [0.25, 0.3) is 0 Å². The quantitative estimate of drug-likeness (QED) is 0.786. The molecule has 0 aliphatic heterocycles. The lowest BCUT2D eigenvalue weighted by atomic mass is 9.78. The highest BCUT2D eigenvalue weighted by molar-refractivity contribution is 9.10. The van der Waals surface area contributed by atoms with E-state index >= 15 is 0 Å². The Hall–Kier alpha value is -0.640. The predicted molar refractivity (Wildman–Crippen MR) is 75.7 cm³/mol. The molecule has 1 fully saturated rings. The molecule has 0 saturated heterocycles. The van der Waals surface area contributed by atoms with E-state index in [1.807, 2.05) is 6.92 Å². The maximum atomic E-state index is 12.6. The van der Waals surface area contributed by atoms with E-state index in [0.717, 1.165) is 35.5 Å². The summed E-state index contributed by atoms with van der Waals surface area (Å²) in [6, 6.07) is 0. The third-order valence-corrected chi connectivity index (χ3v) is 4.70. The highest BCUT2D eigenvalue weighted by atomic mass is 79.9. The Kier molecular flexibility index (Phi) is 4.60. The third-order valence-electron chi connectivity index (χ3n) is 4.12. The maximum Gasteiger partial charge on any atom is 0.185 e. The zero-order chi connectivity index (χ0) is 13.1. The van der Waals surface area contributed by atoms with Gasteiger partial charge in [0.15, 0.2) is 5.78 Å². The van der Waals surface area contributed by atoms with Crippen LogP contribution in [0.1, 0.15) is 56.4 Å². The van der Waals surface area contributed by atoms with Crippen molar-refractivity contribution >= 4 is 21.7 Å². The Labute approximate surface area is 117 Å². The number of ketones is 1. The minimum Gasteiger partial charge on any atom is -0.292 e. The molecule has 0 atom stereocenters. The summed E-state index contributed by atoms with van der Waals surface area (Å²) >= 11 is 3.45. The van der Waals surface area contributed by atoms with Gasteiger partial charge in [-0.05, 0) is 54.5 Å². The number of aromatic nitrogens is 2. The van der Waals surface area contributed by atoms with Crippen LogP contribution in [0.4, 0.5) is 0 Å². The van der Waals surface area contributed by atoms with E-state index in [0.29, 0.717) is 0 Å². The molecular formula is C14H21BrN2O. The van der Waals surface area contributed by atoms with Crippen molar-refractivity contribution in [2.75, 3.05) is 0 Å². The molecule has 0 bridgehead atoms. The summed E-state index contributed by atoms with van der Waals surface area (Å²) in [6.07, 6.45) is 7.46. The number of rotatable bonds is 4. The molecule has 100 valence electrons. The Morgan fingerprint density at radius 2 is 2.06 bits per heavy atom. The number of carbonyl (C=O) groups excluding carboxylic acids is 1. The van der Waals surface area contributed by atoms with Crippen molar-refractivity contribution in [3.05, 3.63) is 16.4 Å². The van der Waals surface area contributed by atoms with Crippen molar-refractivity contribution in [3.63, 3.8) is 0 Å². The monoisotopic (exact) mass is 312 g/mol. The van der Waals surface area contributed by atoms with Gasteiger partial charge in [0, 0.05) is 12.5 Å². The predicted octanol–water partition coefficient (Wildman–Crippen LogP) is 4.06. The average Bonchev–Trinajstić information content (AvgIpc) is 2.79. The van der Waals surface area contributed by atoms with Crippen molar-refractivity contribution in [1.29, 1.82) is 0 Å². The molecule has 1 heterocycles. The summed E-state index contributed by atoms with van der Waals surface area (Å²) in [7, 11) is 0. The van der Waals surface area contributed by atoms with Crippen LogP contribution in [0.15, 0.2) is 10.7 Å². The van der Waals surface area contributed by atoms with Gasteiger partial charge < -0.3 is 0 Å². The molecule has 1 aromatic rings. The Balaban J connectivity index is 2.10. The highest BCUT2D eigenvalue weighted by Gasteiger charge is 2.29. The fraction of sp³-hybridized carbons (Fsp3) is 0.714. The number of carbonyl (C=O) groups is 1. The number of aryl methyl sites for hydroxylation is 1. The normalized spacial score (nSPS) is 24.2. The number of nitrogens with zero attached hydrogens (tertiary/aromatic N) is 2. The molecule has 1 aliphatic rings. The first-order valence-corrected chi connectivity index (χ1v) is 7.72. The molecule has 1 aliphatic carbocycles. The SMILES string of the molecule is CCC1CCC(C(=O)c2c(Br)cnn2CC)CC1. The summed E-state index contributed by atoms with van der Waals surface area (Å²) in [6.45, 7) is 5.01. The largest absolute Gasteiger partial charge is 0.292 e. The van der Waals surface area contributed by atoms with E-state index in [2.05, 4.69) is 28.0 Å². The number of Topliss-reactive ketones (excluding diaryl/α,β-unsaturated/α-hetero) is 1. The maximum absolute atomic E-state index is 12.6. The third kappa shape index (κ3) is 2.68. The standard InChI is InChI=1S/C14H21BrN2O/c1-3-10-5-7-11(8-6-10)14(18)13-12(15)9-16-17(13)4-2/h9-11H,3-8H2,1-2H3. The molecule has 0 aromatic carbocycles. The lowest BCUT2D eigenvalue weighted by molar-refractivity contribution is 0.0859. The zero-order valence-corrected chi connectivity index (χ0v) is 12.7. The van der Waals surface area contributed by atoms with Crippen LogP contribution in [0.3, 0.4) is 0 Å². The van der Waals surface area contributed by atoms with E-state index in [4.69, 9.17) is 0 Å².